The Morgan fingerprint density at radius 1 is 1.25 bits per heavy atom. The van der Waals surface area contributed by atoms with Crippen LogP contribution < -0.4 is 10.2 Å². The van der Waals surface area contributed by atoms with Gasteiger partial charge in [0.15, 0.2) is 24.1 Å². The summed E-state index contributed by atoms with van der Waals surface area (Å²) in [6.07, 6.45) is 6.00. The first-order chi connectivity index (χ1) is 9.78. The van der Waals surface area contributed by atoms with Crippen molar-refractivity contribution < 1.29 is 4.79 Å². The van der Waals surface area contributed by atoms with E-state index in [4.69, 9.17) is 0 Å². The molecule has 1 aromatic heterocycles. The van der Waals surface area contributed by atoms with Crippen LogP contribution in [0.2, 0.25) is 0 Å². The van der Waals surface area contributed by atoms with Crippen LogP contribution in [0.25, 0.3) is 12.2 Å². The number of hydrogen-bond donors (Lipinski definition) is 1. The number of fused-ring (bicyclic) bond motifs is 1. The fourth-order valence-corrected chi connectivity index (χ4v) is 2.09. The maximum atomic E-state index is 10.9. The van der Waals surface area contributed by atoms with Crippen molar-refractivity contribution >= 4 is 29.9 Å². The lowest BCUT2D eigenvalue weighted by Crippen LogP contribution is -2.33. The number of hydrogen-bond acceptors (Lipinski definition) is 5. The molecule has 0 bridgehead atoms. The highest BCUT2D eigenvalue weighted by Gasteiger charge is 2.26. The first kappa shape index (κ1) is 12.3. The van der Waals surface area contributed by atoms with E-state index in [9.17, 15) is 4.79 Å². The largest absolute Gasteiger partial charge is 0.355 e. The van der Waals surface area contributed by atoms with E-state index in [1.807, 2.05) is 49.5 Å². The van der Waals surface area contributed by atoms with E-state index in [0.29, 0.717) is 5.82 Å². The predicted molar refractivity (Wildman–Crippen MR) is 79.3 cm³/mol. The average molecular weight is 266 g/mol. The van der Waals surface area contributed by atoms with Gasteiger partial charge in [-0.25, -0.2) is 9.97 Å². The zero-order valence-corrected chi connectivity index (χ0v) is 11.0. The fraction of sp³-hybridized carbons (Fsp3) is 0.133. The molecule has 0 saturated heterocycles. The van der Waals surface area contributed by atoms with E-state index < -0.39 is 0 Å². The number of rotatable bonds is 3. The van der Waals surface area contributed by atoms with Crippen LogP contribution in [0.5, 0.6) is 0 Å². The number of aldehydes is 1. The van der Waals surface area contributed by atoms with E-state index >= 15 is 0 Å². The lowest BCUT2D eigenvalue weighted by Gasteiger charge is -2.14. The molecule has 0 saturated carbocycles. The Morgan fingerprint density at radius 2 is 2.05 bits per heavy atom. The summed E-state index contributed by atoms with van der Waals surface area (Å²) >= 11 is 0. The van der Waals surface area contributed by atoms with Gasteiger partial charge in [0, 0.05) is 7.05 Å². The molecule has 0 amide bonds. The van der Waals surface area contributed by atoms with Gasteiger partial charge in [0.05, 0.1) is 11.9 Å². The zero-order chi connectivity index (χ0) is 13.9. The summed E-state index contributed by atoms with van der Waals surface area (Å²) in [7, 11) is 1.83. The van der Waals surface area contributed by atoms with Crippen LogP contribution in [0.4, 0.5) is 11.5 Å². The highest BCUT2D eigenvalue weighted by Crippen LogP contribution is 2.29. The number of aromatic nitrogens is 2. The van der Waals surface area contributed by atoms with Gasteiger partial charge in [-0.1, -0.05) is 36.4 Å². The summed E-state index contributed by atoms with van der Waals surface area (Å²) in [5, 5.41) is 3.04. The molecule has 0 spiro atoms. The molecule has 1 aliphatic heterocycles. The molecule has 5 heteroatoms. The minimum atomic E-state index is -0.368. The van der Waals surface area contributed by atoms with Crippen LogP contribution >= 0.6 is 0 Å². The maximum absolute atomic E-state index is 10.9. The average Bonchev–Trinajstić information content (AvgIpc) is 2.82. The Morgan fingerprint density at radius 3 is 2.80 bits per heavy atom. The summed E-state index contributed by atoms with van der Waals surface area (Å²) in [4.78, 5) is 21.4. The van der Waals surface area contributed by atoms with Crippen LogP contribution in [0, 0.1) is 0 Å². The number of carbonyl (C=O) groups excluding carboxylic acids is 1. The molecule has 0 aliphatic carbocycles. The molecule has 2 aromatic rings. The molecule has 20 heavy (non-hydrogen) atoms. The van der Waals surface area contributed by atoms with Gasteiger partial charge in [0.1, 0.15) is 0 Å². The molecule has 1 aromatic carbocycles. The molecule has 1 aliphatic rings. The SMILES string of the molecule is CN1c2nc(/C=C/c3ccccc3)ncc2NC1C=O. The third kappa shape index (κ3) is 2.25. The van der Waals surface area contributed by atoms with Crippen LogP contribution in [0.3, 0.4) is 0 Å². The van der Waals surface area contributed by atoms with Crippen molar-refractivity contribution in [1.29, 1.82) is 0 Å². The molecular formula is C15H14N4O. The van der Waals surface area contributed by atoms with Crippen molar-refractivity contribution in [2.45, 2.75) is 6.17 Å². The first-order valence-corrected chi connectivity index (χ1v) is 6.33. The van der Waals surface area contributed by atoms with Crippen LogP contribution in [0.15, 0.2) is 36.5 Å². The quantitative estimate of drug-likeness (QED) is 0.861. The number of likely N-dealkylation sites (N-methyl/N-ethyl adjacent to an activating group) is 1. The Labute approximate surface area is 117 Å². The first-order valence-electron chi connectivity index (χ1n) is 6.33. The Kier molecular flexibility index (Phi) is 3.16. The number of nitrogens with one attached hydrogen (secondary N) is 1. The number of nitrogens with zero attached hydrogens (tertiary/aromatic N) is 3. The summed E-state index contributed by atoms with van der Waals surface area (Å²) in [5.41, 5.74) is 1.87. The molecule has 1 N–H and O–H groups in total. The third-order valence-electron chi connectivity index (χ3n) is 3.20. The minimum Gasteiger partial charge on any atom is -0.355 e. The topological polar surface area (TPSA) is 58.1 Å². The van der Waals surface area contributed by atoms with Crippen molar-refractivity contribution in [1.82, 2.24) is 9.97 Å². The van der Waals surface area contributed by atoms with Gasteiger partial charge in [-0.15, -0.1) is 0 Å². The van der Waals surface area contributed by atoms with Gasteiger partial charge in [0.2, 0.25) is 0 Å². The van der Waals surface area contributed by atoms with Gasteiger partial charge >= 0.3 is 0 Å². The molecule has 1 unspecified atom stereocenters. The maximum Gasteiger partial charge on any atom is 0.162 e. The minimum absolute atomic E-state index is 0.368. The molecule has 3 rings (SSSR count). The van der Waals surface area contributed by atoms with E-state index in [2.05, 4.69) is 15.3 Å². The Balaban J connectivity index is 1.86. The van der Waals surface area contributed by atoms with Gasteiger partial charge in [-0.3, -0.25) is 4.79 Å². The normalized spacial score (nSPS) is 17.1. The van der Waals surface area contributed by atoms with Gasteiger partial charge in [-0.05, 0) is 11.6 Å². The molecule has 5 nitrogen and oxygen atoms in total. The van der Waals surface area contributed by atoms with Crippen molar-refractivity contribution in [3.8, 4) is 0 Å². The van der Waals surface area contributed by atoms with E-state index in [1.165, 1.54) is 0 Å². The van der Waals surface area contributed by atoms with E-state index in [1.54, 1.807) is 11.1 Å². The summed E-state index contributed by atoms with van der Waals surface area (Å²) < 4.78 is 0. The standard InChI is InChI=1S/C15H14N4O/c1-19-14(10-20)17-12-9-16-13(18-15(12)19)8-7-11-5-3-2-4-6-11/h2-10,14,17H,1H3/b8-7+. The van der Waals surface area contributed by atoms with Crippen LogP contribution in [0.1, 0.15) is 11.4 Å². The highest BCUT2D eigenvalue weighted by atomic mass is 16.1. The second-order valence-electron chi connectivity index (χ2n) is 4.55. The molecule has 0 radical (unpaired) electrons. The van der Waals surface area contributed by atoms with Crippen LogP contribution in [-0.2, 0) is 4.79 Å². The second kappa shape index (κ2) is 5.13. The molecule has 100 valence electrons. The summed E-state index contributed by atoms with van der Waals surface area (Å²) in [6.45, 7) is 0. The smallest absolute Gasteiger partial charge is 0.162 e. The van der Waals surface area contributed by atoms with Gasteiger partial charge in [0.25, 0.3) is 0 Å². The van der Waals surface area contributed by atoms with Crippen molar-refractivity contribution in [2.24, 2.45) is 0 Å². The highest BCUT2D eigenvalue weighted by molar-refractivity contribution is 5.82. The van der Waals surface area contributed by atoms with E-state index in [0.717, 1.165) is 23.4 Å². The number of benzene rings is 1. The molecule has 2 heterocycles. The predicted octanol–water partition coefficient (Wildman–Crippen LogP) is 2.03. The zero-order valence-electron chi connectivity index (χ0n) is 11.0. The third-order valence-corrected chi connectivity index (χ3v) is 3.20. The second-order valence-corrected chi connectivity index (χ2v) is 4.55. The molecular weight excluding hydrogens is 252 g/mol. The Hall–Kier alpha value is -2.69. The van der Waals surface area contributed by atoms with E-state index in [-0.39, 0.29) is 6.17 Å². The van der Waals surface area contributed by atoms with Gasteiger partial charge in [-0.2, -0.15) is 0 Å². The molecule has 1 atom stereocenters. The lowest BCUT2D eigenvalue weighted by atomic mass is 10.2. The fourth-order valence-electron chi connectivity index (χ4n) is 2.09. The summed E-state index contributed by atoms with van der Waals surface area (Å²) in [5.74, 6) is 1.36. The number of anilines is 2. The number of carbonyl (C=O) groups is 1. The monoisotopic (exact) mass is 266 g/mol. The van der Waals surface area contributed by atoms with Crippen molar-refractivity contribution in [3.05, 3.63) is 47.9 Å². The summed E-state index contributed by atoms with van der Waals surface area (Å²) in [6, 6.07) is 9.97. The van der Waals surface area contributed by atoms with Crippen molar-refractivity contribution in [3.63, 3.8) is 0 Å². The lowest BCUT2D eigenvalue weighted by molar-refractivity contribution is -0.108. The molecule has 0 fully saturated rings. The Bertz CT molecular complexity index is 654. The van der Waals surface area contributed by atoms with Crippen LogP contribution in [-0.4, -0.2) is 29.5 Å². The van der Waals surface area contributed by atoms with Crippen molar-refractivity contribution in [2.75, 3.05) is 17.3 Å². The van der Waals surface area contributed by atoms with Gasteiger partial charge < -0.3 is 10.2 Å².